The summed E-state index contributed by atoms with van der Waals surface area (Å²) in [5.74, 6) is 0. The molecule has 1 amide bonds. The number of hydrogen-bond donors (Lipinski definition) is 2. The van der Waals surface area contributed by atoms with Crippen LogP contribution in [0.5, 0.6) is 0 Å². The molecule has 0 saturated carbocycles. The average molecular weight is 340 g/mol. The van der Waals surface area contributed by atoms with E-state index >= 15 is 0 Å². The lowest BCUT2D eigenvalue weighted by atomic mass is 10.0. The second-order valence-corrected chi connectivity index (χ2v) is 6.89. The zero-order chi connectivity index (χ0) is 17.5. The molecule has 0 bridgehead atoms. The van der Waals surface area contributed by atoms with Crippen molar-refractivity contribution in [2.75, 3.05) is 6.61 Å². The third-order valence-corrected chi connectivity index (χ3v) is 4.68. The second-order valence-electron chi connectivity index (χ2n) is 6.89. The van der Waals surface area contributed by atoms with Crippen LogP contribution < -0.4 is 5.32 Å². The van der Waals surface area contributed by atoms with E-state index < -0.39 is 0 Å². The Bertz CT molecular complexity index is 344. The summed E-state index contributed by atoms with van der Waals surface area (Å²) in [6, 6.07) is -0.0870. The van der Waals surface area contributed by atoms with Gasteiger partial charge in [-0.1, -0.05) is 77.2 Å². The molecule has 1 saturated heterocycles. The number of carbonyl (C=O) groups is 1. The molecule has 24 heavy (non-hydrogen) atoms. The van der Waals surface area contributed by atoms with Crippen molar-refractivity contribution in [3.63, 3.8) is 0 Å². The number of carbonyl (C=O) groups excluding carboxylic acids is 1. The zero-order valence-corrected chi connectivity index (χ0v) is 15.5. The quantitative estimate of drug-likeness (QED) is 0.322. The molecule has 1 heterocycles. The van der Waals surface area contributed by atoms with Crippen LogP contribution in [0.4, 0.5) is 4.79 Å². The number of alkyl carbamates (subject to hydrolysis) is 1. The van der Waals surface area contributed by atoms with Crippen LogP contribution in [0.15, 0.2) is 12.2 Å². The van der Waals surface area contributed by atoms with E-state index in [1.54, 1.807) is 0 Å². The van der Waals surface area contributed by atoms with Crippen molar-refractivity contribution in [3.8, 4) is 0 Å². The van der Waals surface area contributed by atoms with Gasteiger partial charge in [0, 0.05) is 6.61 Å². The summed E-state index contributed by atoms with van der Waals surface area (Å²) in [5, 5.41) is 11.7. The van der Waals surface area contributed by atoms with Gasteiger partial charge < -0.3 is 15.2 Å². The fourth-order valence-electron chi connectivity index (χ4n) is 3.18. The number of ether oxygens (including phenoxy) is 1. The van der Waals surface area contributed by atoms with Gasteiger partial charge in [-0.15, -0.1) is 0 Å². The first-order chi connectivity index (χ1) is 11.8. The number of rotatable bonds is 15. The largest absolute Gasteiger partial charge is 0.440 e. The molecule has 1 fully saturated rings. The van der Waals surface area contributed by atoms with Gasteiger partial charge in [-0.05, 0) is 25.3 Å². The van der Waals surface area contributed by atoms with Gasteiger partial charge in [0.15, 0.2) is 0 Å². The molecule has 2 N–H and O–H groups in total. The van der Waals surface area contributed by atoms with Gasteiger partial charge in [0.25, 0.3) is 0 Å². The number of unbranched alkanes of at least 4 members (excludes halogenated alkanes) is 11. The minimum absolute atomic E-state index is 0.0667. The van der Waals surface area contributed by atoms with Crippen molar-refractivity contribution in [3.05, 3.63) is 12.2 Å². The molecule has 4 nitrogen and oxygen atoms in total. The van der Waals surface area contributed by atoms with Gasteiger partial charge in [-0.3, -0.25) is 0 Å². The third-order valence-electron chi connectivity index (χ3n) is 4.68. The van der Waals surface area contributed by atoms with Crippen LogP contribution in [0, 0.1) is 0 Å². The molecule has 0 aliphatic carbocycles. The molecule has 2 atom stereocenters. The fourth-order valence-corrected chi connectivity index (χ4v) is 3.18. The monoisotopic (exact) mass is 339 g/mol. The summed E-state index contributed by atoms with van der Waals surface area (Å²) in [5.41, 5.74) is 0. The number of allylic oxidation sites excluding steroid dienone is 1. The van der Waals surface area contributed by atoms with Crippen molar-refractivity contribution >= 4 is 6.09 Å². The van der Waals surface area contributed by atoms with E-state index in [0.29, 0.717) is 6.42 Å². The van der Waals surface area contributed by atoms with Crippen LogP contribution in [-0.4, -0.2) is 30.0 Å². The predicted molar refractivity (Wildman–Crippen MR) is 99.1 cm³/mol. The van der Waals surface area contributed by atoms with Gasteiger partial charge in [0.2, 0.25) is 0 Å². The van der Waals surface area contributed by atoms with E-state index in [1.165, 1.54) is 70.6 Å². The Kier molecular flexibility index (Phi) is 12.5. The number of cyclic esters (lactones) is 1. The van der Waals surface area contributed by atoms with Crippen LogP contribution in [0.2, 0.25) is 0 Å². The van der Waals surface area contributed by atoms with Crippen LogP contribution in [0.3, 0.4) is 0 Å². The van der Waals surface area contributed by atoms with E-state index in [9.17, 15) is 4.79 Å². The molecule has 1 rings (SSSR count). The van der Waals surface area contributed by atoms with E-state index in [2.05, 4.69) is 18.3 Å². The first kappa shape index (κ1) is 21.0. The molecule has 0 unspecified atom stereocenters. The van der Waals surface area contributed by atoms with Crippen LogP contribution in [0.25, 0.3) is 0 Å². The number of hydrogen-bond acceptors (Lipinski definition) is 3. The minimum Gasteiger partial charge on any atom is -0.440 e. The van der Waals surface area contributed by atoms with E-state index in [0.717, 1.165) is 6.42 Å². The van der Waals surface area contributed by atoms with Crippen LogP contribution in [-0.2, 0) is 4.74 Å². The third kappa shape index (κ3) is 9.96. The highest BCUT2D eigenvalue weighted by atomic mass is 16.6. The predicted octanol–water partition coefficient (Wildman–Crippen LogP) is 5.10. The smallest absolute Gasteiger partial charge is 0.408 e. The first-order valence-corrected chi connectivity index (χ1v) is 10.0. The molecule has 1 aliphatic rings. The Morgan fingerprint density at radius 3 is 2.17 bits per heavy atom. The van der Waals surface area contributed by atoms with Crippen molar-refractivity contribution in [1.29, 1.82) is 0 Å². The number of aliphatic hydroxyl groups is 1. The van der Waals surface area contributed by atoms with Gasteiger partial charge in [0.1, 0.15) is 6.10 Å². The summed E-state index contributed by atoms with van der Waals surface area (Å²) in [4.78, 5) is 11.2. The van der Waals surface area contributed by atoms with Crippen molar-refractivity contribution < 1.29 is 14.6 Å². The second kappa shape index (κ2) is 14.3. The van der Waals surface area contributed by atoms with Crippen LogP contribution >= 0.6 is 0 Å². The van der Waals surface area contributed by atoms with Gasteiger partial charge >= 0.3 is 6.09 Å². The topological polar surface area (TPSA) is 58.6 Å². The Hall–Kier alpha value is -1.03. The van der Waals surface area contributed by atoms with Crippen molar-refractivity contribution in [2.45, 2.75) is 103 Å². The average Bonchev–Trinajstić information content (AvgIpc) is 2.92. The summed E-state index contributed by atoms with van der Waals surface area (Å²) < 4.78 is 5.19. The highest BCUT2D eigenvalue weighted by molar-refractivity contribution is 5.70. The molecular weight excluding hydrogens is 302 g/mol. The molecular formula is C20H37NO3. The summed E-state index contributed by atoms with van der Waals surface area (Å²) in [6.07, 6.45) is 20.0. The Labute approximate surface area is 148 Å². The van der Waals surface area contributed by atoms with E-state index in [1.807, 2.05) is 6.08 Å². The van der Waals surface area contributed by atoms with Gasteiger partial charge in [-0.25, -0.2) is 4.79 Å². The lowest BCUT2D eigenvalue weighted by Gasteiger charge is -2.11. The summed E-state index contributed by atoms with van der Waals surface area (Å²) in [7, 11) is 0. The van der Waals surface area contributed by atoms with Gasteiger partial charge in [-0.2, -0.15) is 0 Å². The molecule has 0 aromatic carbocycles. The maximum Gasteiger partial charge on any atom is 0.408 e. The Balaban J connectivity index is 1.92. The van der Waals surface area contributed by atoms with E-state index in [-0.39, 0.29) is 24.8 Å². The zero-order valence-electron chi connectivity index (χ0n) is 15.5. The highest BCUT2D eigenvalue weighted by Crippen LogP contribution is 2.15. The molecule has 0 aromatic heterocycles. The Morgan fingerprint density at radius 2 is 1.58 bits per heavy atom. The summed E-state index contributed by atoms with van der Waals surface area (Å²) >= 11 is 0. The highest BCUT2D eigenvalue weighted by Gasteiger charge is 2.31. The number of aliphatic hydroxyl groups excluding tert-OH is 1. The molecule has 0 spiro atoms. The fraction of sp³-hybridized carbons (Fsp3) is 0.850. The molecule has 0 radical (unpaired) electrons. The molecule has 140 valence electrons. The van der Waals surface area contributed by atoms with Crippen LogP contribution in [0.1, 0.15) is 90.4 Å². The number of nitrogens with one attached hydrogen (secondary N) is 1. The maximum atomic E-state index is 11.2. The van der Waals surface area contributed by atoms with Crippen molar-refractivity contribution in [2.24, 2.45) is 0 Å². The maximum absolute atomic E-state index is 11.2. The summed E-state index contributed by atoms with van der Waals surface area (Å²) in [6.45, 7) is 2.33. The molecule has 4 heteroatoms. The standard InChI is InChI=1S/C20H37NO3/c1-2-3-4-5-6-7-8-9-10-11-12-13-14-15-19-18(16-17-22)21-20(23)24-19/h14-15,18-19,22H,2-13,16-17H2,1H3,(H,21,23)/b15-14+/t18-,19+/m0/s1. The lowest BCUT2D eigenvalue weighted by molar-refractivity contribution is 0.149. The first-order valence-electron chi connectivity index (χ1n) is 10.0. The SMILES string of the molecule is CCCCCCCCCCCCC/C=C/[C@H]1OC(=O)N[C@H]1CCO. The molecule has 0 aromatic rings. The van der Waals surface area contributed by atoms with Gasteiger partial charge in [0.05, 0.1) is 6.04 Å². The molecule has 1 aliphatic heterocycles. The normalized spacial score (nSPS) is 20.5. The van der Waals surface area contributed by atoms with E-state index in [4.69, 9.17) is 9.84 Å². The van der Waals surface area contributed by atoms with Crippen molar-refractivity contribution in [1.82, 2.24) is 5.32 Å². The number of amides is 1. The lowest BCUT2D eigenvalue weighted by Crippen LogP contribution is -2.31. The Morgan fingerprint density at radius 1 is 1.00 bits per heavy atom. The minimum atomic E-state index is -0.377.